The average molecular weight is 454 g/mol. The number of nitriles is 1. The minimum Gasteiger partial charge on any atom is -0.507 e. The number of hydrogen-bond acceptors (Lipinski definition) is 7. The number of ketones is 1. The van der Waals surface area contributed by atoms with Gasteiger partial charge in [0.2, 0.25) is 0 Å². The molecule has 2 aromatic carbocycles. The smallest absolute Gasteiger partial charge is 0.181 e. The fourth-order valence-corrected chi connectivity index (χ4v) is 4.34. The summed E-state index contributed by atoms with van der Waals surface area (Å²) in [4.78, 5) is 15.7. The van der Waals surface area contributed by atoms with Gasteiger partial charge in [0.25, 0.3) is 0 Å². The molecule has 2 unspecified atom stereocenters. The number of hydrogen-bond donors (Lipinski definition) is 1. The highest BCUT2D eigenvalue weighted by molar-refractivity contribution is 6.07. The number of phenolic OH excluding ortho intramolecular Hbond substituents is 1. The van der Waals surface area contributed by atoms with E-state index in [2.05, 4.69) is 6.07 Å². The minimum atomic E-state index is -1.30. The van der Waals surface area contributed by atoms with Gasteiger partial charge >= 0.3 is 0 Å². The molecule has 4 rings (SSSR count). The predicted molar refractivity (Wildman–Crippen MR) is 119 cm³/mol. The molecule has 2 heterocycles. The molecule has 1 N–H and O–H groups in total. The summed E-state index contributed by atoms with van der Waals surface area (Å²) in [5, 5.41) is 20.3. The first-order valence-corrected chi connectivity index (χ1v) is 10.9. The first-order chi connectivity index (χ1) is 15.7. The molecule has 2 aliphatic heterocycles. The van der Waals surface area contributed by atoms with Gasteiger partial charge in [0.15, 0.2) is 11.4 Å². The number of Topliss-reactive ketones (excluding diaryl/α,β-unsaturated/α-hetero) is 1. The Kier molecular flexibility index (Phi) is 5.93. The summed E-state index contributed by atoms with van der Waals surface area (Å²) < 4.78 is 31.7. The molecular weight excluding hydrogens is 427 g/mol. The normalized spacial score (nSPS) is 24.6. The highest BCUT2D eigenvalue weighted by atomic mass is 19.1. The first kappa shape index (κ1) is 22.9. The molecule has 0 aromatic heterocycles. The maximum atomic E-state index is 14.0. The van der Waals surface area contributed by atoms with Crippen LogP contribution in [0.15, 0.2) is 30.3 Å². The monoisotopic (exact) mass is 454 g/mol. The molecule has 7 nitrogen and oxygen atoms in total. The van der Waals surface area contributed by atoms with Crippen LogP contribution in [0.4, 0.5) is 10.1 Å². The molecule has 1 saturated heterocycles. The number of aromatic hydroxyl groups is 1. The number of nitrogens with zero attached hydrogens (tertiary/aromatic N) is 2. The van der Waals surface area contributed by atoms with Gasteiger partial charge in [-0.15, -0.1) is 0 Å². The number of anilines is 1. The zero-order valence-corrected chi connectivity index (χ0v) is 19.0. The fraction of sp³-hybridized carbons (Fsp3) is 0.440. The zero-order valence-electron chi connectivity index (χ0n) is 19.0. The molecule has 0 bridgehead atoms. The Balaban J connectivity index is 1.73. The Morgan fingerprint density at radius 1 is 1.27 bits per heavy atom. The molecule has 2 aliphatic rings. The van der Waals surface area contributed by atoms with Crippen molar-refractivity contribution in [3.05, 3.63) is 47.3 Å². The van der Waals surface area contributed by atoms with Crippen molar-refractivity contribution in [2.45, 2.75) is 32.8 Å². The number of rotatable bonds is 5. The van der Waals surface area contributed by atoms with Gasteiger partial charge in [-0.3, -0.25) is 4.79 Å². The van der Waals surface area contributed by atoms with Gasteiger partial charge in [-0.05, 0) is 32.9 Å². The van der Waals surface area contributed by atoms with Crippen molar-refractivity contribution in [3.8, 4) is 23.3 Å². The summed E-state index contributed by atoms with van der Waals surface area (Å²) in [5.41, 5.74) is -1.42. The Morgan fingerprint density at radius 2 is 2.00 bits per heavy atom. The third kappa shape index (κ3) is 3.87. The van der Waals surface area contributed by atoms with Crippen molar-refractivity contribution in [2.75, 3.05) is 37.8 Å². The predicted octanol–water partition coefficient (Wildman–Crippen LogP) is 4.01. The average Bonchev–Trinajstić information content (AvgIpc) is 2.79. The molecule has 8 heteroatoms. The highest BCUT2D eigenvalue weighted by Crippen LogP contribution is 2.51. The van der Waals surface area contributed by atoms with E-state index in [1.807, 2.05) is 4.90 Å². The molecule has 0 aliphatic carbocycles. The number of carbonyl (C=O) groups is 1. The minimum absolute atomic E-state index is 0.0594. The van der Waals surface area contributed by atoms with E-state index < -0.39 is 22.6 Å². The molecule has 0 amide bonds. The Bertz CT molecular complexity index is 1120. The summed E-state index contributed by atoms with van der Waals surface area (Å²) in [7, 11) is 0. The topological polar surface area (TPSA) is 92.0 Å². The molecular formula is C25H27FN2O5. The molecule has 0 saturated carbocycles. The second-order valence-electron chi connectivity index (χ2n) is 8.92. The van der Waals surface area contributed by atoms with Crippen molar-refractivity contribution >= 4 is 11.5 Å². The maximum absolute atomic E-state index is 14.0. The number of morpholine rings is 1. The van der Waals surface area contributed by atoms with Crippen molar-refractivity contribution in [1.82, 2.24) is 0 Å². The number of carbonyl (C=O) groups excluding carboxylic acids is 1. The van der Waals surface area contributed by atoms with Crippen LogP contribution < -0.4 is 14.4 Å². The van der Waals surface area contributed by atoms with Crippen LogP contribution in [-0.2, 0) is 4.74 Å². The molecule has 0 radical (unpaired) electrons. The van der Waals surface area contributed by atoms with Crippen LogP contribution in [0.5, 0.6) is 17.2 Å². The van der Waals surface area contributed by atoms with E-state index in [1.54, 1.807) is 45.0 Å². The lowest BCUT2D eigenvalue weighted by Crippen LogP contribution is -2.59. The third-order valence-electron chi connectivity index (χ3n) is 6.83. The second-order valence-corrected chi connectivity index (χ2v) is 8.92. The van der Waals surface area contributed by atoms with Gasteiger partial charge in [-0.1, -0.05) is 6.07 Å². The first-order valence-electron chi connectivity index (χ1n) is 10.9. The van der Waals surface area contributed by atoms with Crippen molar-refractivity contribution < 1.29 is 28.5 Å². The molecule has 2 aromatic rings. The lowest BCUT2D eigenvalue weighted by atomic mass is 9.65. The largest absolute Gasteiger partial charge is 0.507 e. The SMILES string of the molecule is Cc1c(F)cccc1OCC1(C)Oc2cc(N3CCOCC3)cc(O)c2C(=O)C1(C)CC#N. The molecule has 1 fully saturated rings. The van der Waals surface area contributed by atoms with Crippen LogP contribution in [0.1, 0.15) is 36.2 Å². The van der Waals surface area contributed by atoms with Crippen molar-refractivity contribution in [3.63, 3.8) is 0 Å². The molecule has 33 heavy (non-hydrogen) atoms. The van der Waals surface area contributed by atoms with E-state index in [1.165, 1.54) is 6.07 Å². The second kappa shape index (κ2) is 8.56. The van der Waals surface area contributed by atoms with Gasteiger partial charge in [0.1, 0.15) is 35.2 Å². The summed E-state index contributed by atoms with van der Waals surface area (Å²) in [6, 6.07) is 9.89. The van der Waals surface area contributed by atoms with Crippen LogP contribution in [0, 0.1) is 29.5 Å². The summed E-state index contributed by atoms with van der Waals surface area (Å²) in [6.45, 7) is 7.29. The number of phenols is 1. The standard InChI is InChI=1S/C25H27FN2O5/c1-16-18(26)5-4-6-20(16)32-15-25(3)24(2,7-8-27)23(30)22-19(29)13-17(14-21(22)33-25)28-9-11-31-12-10-28/h4-6,13-14,29H,7,9-12,15H2,1-3H3. The van der Waals surface area contributed by atoms with Gasteiger partial charge in [0, 0.05) is 36.5 Å². The van der Waals surface area contributed by atoms with Crippen LogP contribution in [0.3, 0.4) is 0 Å². The Morgan fingerprint density at radius 3 is 2.70 bits per heavy atom. The van der Waals surface area contributed by atoms with Gasteiger partial charge in [-0.2, -0.15) is 5.26 Å². The quantitative estimate of drug-likeness (QED) is 0.730. The number of benzene rings is 2. The number of fused-ring (bicyclic) bond motifs is 1. The van der Waals surface area contributed by atoms with Crippen molar-refractivity contribution in [2.24, 2.45) is 5.41 Å². The van der Waals surface area contributed by atoms with Crippen LogP contribution in [0.25, 0.3) is 0 Å². The van der Waals surface area contributed by atoms with E-state index >= 15 is 0 Å². The maximum Gasteiger partial charge on any atom is 0.181 e. The van der Waals surface area contributed by atoms with E-state index in [9.17, 15) is 19.6 Å². The summed E-state index contributed by atoms with van der Waals surface area (Å²) >= 11 is 0. The number of ether oxygens (including phenoxy) is 3. The van der Waals surface area contributed by atoms with E-state index in [-0.39, 0.29) is 30.1 Å². The van der Waals surface area contributed by atoms with E-state index in [0.29, 0.717) is 37.6 Å². The molecule has 2 atom stereocenters. The Labute approximate surface area is 192 Å². The van der Waals surface area contributed by atoms with Gasteiger partial charge in [0.05, 0.1) is 31.1 Å². The third-order valence-corrected chi connectivity index (χ3v) is 6.83. The van der Waals surface area contributed by atoms with Crippen LogP contribution in [0.2, 0.25) is 0 Å². The van der Waals surface area contributed by atoms with Crippen LogP contribution in [-0.4, -0.2) is 49.4 Å². The van der Waals surface area contributed by atoms with Gasteiger partial charge < -0.3 is 24.2 Å². The lowest BCUT2D eigenvalue weighted by molar-refractivity contribution is -0.0593. The summed E-state index contributed by atoms with van der Waals surface area (Å²) in [6.07, 6.45) is -0.141. The lowest BCUT2D eigenvalue weighted by Gasteiger charge is -2.47. The summed E-state index contributed by atoms with van der Waals surface area (Å²) in [5.74, 6) is -0.407. The van der Waals surface area contributed by atoms with E-state index in [4.69, 9.17) is 14.2 Å². The zero-order chi connectivity index (χ0) is 23.8. The highest BCUT2D eigenvalue weighted by Gasteiger charge is 2.57. The molecule has 174 valence electrons. The van der Waals surface area contributed by atoms with Crippen LogP contribution >= 0.6 is 0 Å². The van der Waals surface area contributed by atoms with Crippen molar-refractivity contribution in [1.29, 1.82) is 5.26 Å². The molecule has 0 spiro atoms. The number of halogens is 1. The van der Waals surface area contributed by atoms with Gasteiger partial charge in [-0.25, -0.2) is 4.39 Å². The van der Waals surface area contributed by atoms with E-state index in [0.717, 1.165) is 5.69 Å². The fourth-order valence-electron chi connectivity index (χ4n) is 4.34. The Hall–Kier alpha value is -3.31.